The van der Waals surface area contributed by atoms with Crippen molar-refractivity contribution in [2.75, 3.05) is 36.0 Å². The Bertz CT molecular complexity index is 906. The summed E-state index contributed by atoms with van der Waals surface area (Å²) in [5, 5.41) is 10.4. The van der Waals surface area contributed by atoms with E-state index >= 15 is 0 Å². The molecule has 0 spiro atoms. The van der Waals surface area contributed by atoms with E-state index in [1.165, 1.54) is 0 Å². The molecule has 4 rings (SSSR count). The molecule has 1 saturated heterocycles. The maximum absolute atomic E-state index is 11.7. The summed E-state index contributed by atoms with van der Waals surface area (Å²) in [5.74, 6) is 0.555. The van der Waals surface area contributed by atoms with Crippen LogP contribution < -0.4 is 9.80 Å². The molecule has 3 aromatic rings. The van der Waals surface area contributed by atoms with Crippen molar-refractivity contribution in [1.29, 1.82) is 0 Å². The Hall–Kier alpha value is -3.15. The highest BCUT2D eigenvalue weighted by Gasteiger charge is 2.23. The number of piperazine rings is 1. The molecule has 1 aromatic carbocycles. The first kappa shape index (κ1) is 15.4. The first-order valence-corrected chi connectivity index (χ1v) is 8.26. The van der Waals surface area contributed by atoms with Gasteiger partial charge in [-0.3, -0.25) is 0 Å². The van der Waals surface area contributed by atoms with Crippen molar-refractivity contribution in [1.82, 2.24) is 9.97 Å². The average Bonchev–Trinajstić information content (AvgIpc) is 2.68. The molecule has 0 unspecified atom stereocenters. The van der Waals surface area contributed by atoms with Gasteiger partial charge >= 0.3 is 5.97 Å². The van der Waals surface area contributed by atoms with Crippen LogP contribution in [0.2, 0.25) is 0 Å². The maximum atomic E-state index is 11.7. The van der Waals surface area contributed by atoms with Crippen molar-refractivity contribution in [2.24, 2.45) is 0 Å². The van der Waals surface area contributed by atoms with E-state index in [1.54, 1.807) is 12.3 Å². The smallest absolute Gasteiger partial charge is 0.339 e. The summed E-state index contributed by atoms with van der Waals surface area (Å²) < 4.78 is 0. The van der Waals surface area contributed by atoms with Crippen LogP contribution in [0.15, 0.2) is 54.7 Å². The third-order valence-electron chi connectivity index (χ3n) is 4.49. The highest BCUT2D eigenvalue weighted by atomic mass is 16.4. The number of fused-ring (bicyclic) bond motifs is 1. The van der Waals surface area contributed by atoms with Crippen LogP contribution in [0.1, 0.15) is 10.4 Å². The van der Waals surface area contributed by atoms with Gasteiger partial charge in [-0.15, -0.1) is 0 Å². The zero-order valence-electron chi connectivity index (χ0n) is 13.7. The number of rotatable bonds is 3. The number of anilines is 2. The van der Waals surface area contributed by atoms with E-state index in [9.17, 15) is 9.90 Å². The second-order valence-electron chi connectivity index (χ2n) is 6.02. The van der Waals surface area contributed by atoms with Gasteiger partial charge < -0.3 is 14.9 Å². The third-order valence-corrected chi connectivity index (χ3v) is 4.49. The van der Waals surface area contributed by atoms with Gasteiger partial charge in [0.25, 0.3) is 0 Å². The van der Waals surface area contributed by atoms with Gasteiger partial charge in [0.1, 0.15) is 17.2 Å². The second-order valence-corrected chi connectivity index (χ2v) is 6.02. The van der Waals surface area contributed by atoms with Crippen LogP contribution in [0.4, 0.5) is 11.6 Å². The van der Waals surface area contributed by atoms with Crippen LogP contribution >= 0.6 is 0 Å². The molecule has 0 amide bonds. The Morgan fingerprint density at radius 1 is 0.960 bits per heavy atom. The van der Waals surface area contributed by atoms with E-state index < -0.39 is 5.97 Å². The summed E-state index contributed by atoms with van der Waals surface area (Å²) in [6.07, 6.45) is 1.79. The molecule has 6 nitrogen and oxygen atoms in total. The number of nitrogens with zero attached hydrogens (tertiary/aromatic N) is 4. The number of pyridine rings is 2. The Morgan fingerprint density at radius 3 is 2.40 bits per heavy atom. The number of benzene rings is 1. The summed E-state index contributed by atoms with van der Waals surface area (Å²) in [7, 11) is 0. The highest BCUT2D eigenvalue weighted by Crippen LogP contribution is 2.25. The lowest BCUT2D eigenvalue weighted by Crippen LogP contribution is -2.47. The summed E-state index contributed by atoms with van der Waals surface area (Å²) in [4.78, 5) is 25.0. The highest BCUT2D eigenvalue weighted by molar-refractivity contribution is 5.98. The van der Waals surface area contributed by atoms with E-state index in [-0.39, 0.29) is 5.56 Å². The monoisotopic (exact) mass is 334 g/mol. The van der Waals surface area contributed by atoms with Crippen molar-refractivity contribution in [3.05, 3.63) is 60.3 Å². The Balaban J connectivity index is 1.62. The van der Waals surface area contributed by atoms with Crippen LogP contribution in [0.5, 0.6) is 0 Å². The fourth-order valence-corrected chi connectivity index (χ4v) is 3.19. The fraction of sp³-hybridized carbons (Fsp3) is 0.211. The molecule has 0 aliphatic carbocycles. The third kappa shape index (κ3) is 2.98. The molecule has 0 saturated carbocycles. The van der Waals surface area contributed by atoms with Gasteiger partial charge in [-0.25, -0.2) is 14.8 Å². The molecule has 0 bridgehead atoms. The van der Waals surface area contributed by atoms with Gasteiger partial charge in [0.05, 0.1) is 5.52 Å². The number of hydrogen-bond donors (Lipinski definition) is 1. The van der Waals surface area contributed by atoms with Gasteiger partial charge in [0.15, 0.2) is 0 Å². The molecule has 25 heavy (non-hydrogen) atoms. The Morgan fingerprint density at radius 2 is 1.68 bits per heavy atom. The van der Waals surface area contributed by atoms with E-state index in [1.807, 2.05) is 42.5 Å². The van der Waals surface area contributed by atoms with Crippen LogP contribution in [0.25, 0.3) is 10.9 Å². The summed E-state index contributed by atoms with van der Waals surface area (Å²) in [6, 6.07) is 15.2. The molecule has 0 radical (unpaired) electrons. The van der Waals surface area contributed by atoms with Crippen LogP contribution in [0.3, 0.4) is 0 Å². The lowest BCUT2D eigenvalue weighted by atomic mass is 10.1. The standard InChI is InChI=1S/C19H18N4O2/c24-19(25)15-13-14-5-1-2-6-16(14)21-18(15)23-11-9-22(10-12-23)17-7-3-4-8-20-17/h1-8,13H,9-12H2,(H,24,25). The molecule has 1 fully saturated rings. The van der Waals surface area contributed by atoms with Gasteiger partial charge in [-0.1, -0.05) is 24.3 Å². The van der Waals surface area contributed by atoms with Crippen molar-refractivity contribution in [2.45, 2.75) is 0 Å². The second kappa shape index (κ2) is 6.39. The largest absolute Gasteiger partial charge is 0.478 e. The molecular weight excluding hydrogens is 316 g/mol. The normalized spacial score (nSPS) is 14.7. The number of aromatic nitrogens is 2. The molecule has 1 aliphatic rings. The van der Waals surface area contributed by atoms with Crippen molar-refractivity contribution < 1.29 is 9.90 Å². The van der Waals surface area contributed by atoms with Crippen LogP contribution in [-0.2, 0) is 0 Å². The number of carboxylic acids is 1. The zero-order chi connectivity index (χ0) is 17.2. The summed E-state index contributed by atoms with van der Waals surface area (Å²) in [5.41, 5.74) is 1.07. The van der Waals surface area contributed by atoms with Gasteiger partial charge in [0, 0.05) is 37.8 Å². The van der Waals surface area contributed by atoms with Gasteiger partial charge in [0.2, 0.25) is 0 Å². The number of carboxylic acid groups (broad SMARTS) is 1. The van der Waals surface area contributed by atoms with Gasteiger partial charge in [-0.05, 0) is 24.3 Å². The summed E-state index contributed by atoms with van der Waals surface area (Å²) >= 11 is 0. The minimum absolute atomic E-state index is 0.255. The Kier molecular flexibility index (Phi) is 3.93. The first-order chi connectivity index (χ1) is 12.2. The number of hydrogen-bond acceptors (Lipinski definition) is 5. The molecule has 2 aromatic heterocycles. The molecule has 6 heteroatoms. The lowest BCUT2D eigenvalue weighted by molar-refractivity contribution is 0.0697. The van der Waals surface area contributed by atoms with Crippen molar-refractivity contribution in [3.8, 4) is 0 Å². The summed E-state index contributed by atoms with van der Waals surface area (Å²) in [6.45, 7) is 2.99. The quantitative estimate of drug-likeness (QED) is 0.794. The zero-order valence-corrected chi connectivity index (χ0v) is 13.7. The van der Waals surface area contributed by atoms with Crippen LogP contribution in [-0.4, -0.2) is 47.2 Å². The van der Waals surface area contributed by atoms with Gasteiger partial charge in [-0.2, -0.15) is 0 Å². The first-order valence-electron chi connectivity index (χ1n) is 8.26. The minimum Gasteiger partial charge on any atom is -0.478 e. The van der Waals surface area contributed by atoms with E-state index in [0.717, 1.165) is 29.8 Å². The van der Waals surface area contributed by atoms with E-state index in [4.69, 9.17) is 0 Å². The fourth-order valence-electron chi connectivity index (χ4n) is 3.19. The number of para-hydroxylation sites is 1. The molecule has 1 aliphatic heterocycles. The maximum Gasteiger partial charge on any atom is 0.339 e. The Labute approximate surface area is 145 Å². The molecule has 0 atom stereocenters. The molecule has 3 heterocycles. The van der Waals surface area contributed by atoms with E-state index in [0.29, 0.717) is 18.9 Å². The van der Waals surface area contributed by atoms with E-state index in [2.05, 4.69) is 19.8 Å². The predicted octanol–water partition coefficient (Wildman–Crippen LogP) is 2.65. The van der Waals surface area contributed by atoms with Crippen LogP contribution in [0, 0.1) is 0 Å². The molecular formula is C19H18N4O2. The predicted molar refractivity (Wildman–Crippen MR) is 97.4 cm³/mol. The lowest BCUT2D eigenvalue weighted by Gasteiger charge is -2.36. The number of carbonyl (C=O) groups is 1. The average molecular weight is 334 g/mol. The van der Waals surface area contributed by atoms with Crippen molar-refractivity contribution in [3.63, 3.8) is 0 Å². The molecule has 1 N–H and O–H groups in total. The molecule has 126 valence electrons. The minimum atomic E-state index is -0.944. The number of aromatic carboxylic acids is 1. The topological polar surface area (TPSA) is 69.6 Å². The SMILES string of the molecule is O=C(O)c1cc2ccccc2nc1N1CCN(c2ccccn2)CC1. The van der Waals surface area contributed by atoms with Crippen molar-refractivity contribution >= 4 is 28.5 Å².